The highest BCUT2D eigenvalue weighted by atomic mass is 19.4. The number of imidazole rings is 1. The number of imide groups is 1. The Labute approximate surface area is 242 Å². The van der Waals surface area contributed by atoms with Crippen molar-refractivity contribution in [1.82, 2.24) is 14.9 Å². The summed E-state index contributed by atoms with van der Waals surface area (Å²) in [5.74, 6) is -6.88. The van der Waals surface area contributed by atoms with Crippen LogP contribution in [0.2, 0.25) is 0 Å². The van der Waals surface area contributed by atoms with Crippen molar-refractivity contribution in [2.75, 3.05) is 47.4 Å². The summed E-state index contributed by atoms with van der Waals surface area (Å²) >= 11 is 0. The third kappa shape index (κ3) is 7.27. The molecule has 9 nitrogen and oxygen atoms in total. The molecule has 0 saturated carbocycles. The molecule has 0 radical (unpaired) electrons. The molecule has 0 aliphatic carbocycles. The van der Waals surface area contributed by atoms with Gasteiger partial charge in [-0.25, -0.2) is 9.88 Å². The number of carbonyl (C=O) groups excluding carboxylic acids is 3. The zero-order chi connectivity index (χ0) is 31.5. The average molecular weight is 611 g/mol. The van der Waals surface area contributed by atoms with Crippen LogP contribution in [0, 0.1) is 6.92 Å². The van der Waals surface area contributed by atoms with Gasteiger partial charge in [0.15, 0.2) is 0 Å². The van der Waals surface area contributed by atoms with E-state index < -0.39 is 40.7 Å². The number of nitrogens with one attached hydrogen (secondary N) is 1. The van der Waals surface area contributed by atoms with Crippen molar-refractivity contribution in [1.29, 1.82) is 0 Å². The lowest BCUT2D eigenvalue weighted by atomic mass is 10.1. The third-order valence-electron chi connectivity index (χ3n) is 6.87. The zero-order valence-electron chi connectivity index (χ0n) is 23.2. The fourth-order valence-corrected chi connectivity index (χ4v) is 4.78. The lowest BCUT2D eigenvalue weighted by Crippen LogP contribution is -2.52. The van der Waals surface area contributed by atoms with Gasteiger partial charge in [0.1, 0.15) is 0 Å². The van der Waals surface area contributed by atoms with Crippen LogP contribution in [-0.4, -0.2) is 72.3 Å². The van der Waals surface area contributed by atoms with Gasteiger partial charge in [-0.3, -0.25) is 14.4 Å². The topological polar surface area (TPSA) is 90.8 Å². The maximum atomic E-state index is 13.6. The van der Waals surface area contributed by atoms with Gasteiger partial charge in [0.05, 0.1) is 23.4 Å². The molecule has 1 saturated heterocycles. The van der Waals surface area contributed by atoms with E-state index >= 15 is 0 Å². The monoisotopic (exact) mass is 610 g/mol. The minimum Gasteiger partial charge on any atom is -0.368 e. The van der Waals surface area contributed by atoms with Crippen molar-refractivity contribution in [3.05, 3.63) is 71.8 Å². The van der Waals surface area contributed by atoms with Crippen LogP contribution in [0.5, 0.6) is 0 Å². The maximum Gasteiger partial charge on any atom is 0.472 e. The van der Waals surface area contributed by atoms with Crippen LogP contribution < -0.4 is 20.0 Å². The number of rotatable bonds is 7. The first-order chi connectivity index (χ1) is 20.2. The van der Waals surface area contributed by atoms with Crippen molar-refractivity contribution in [3.8, 4) is 0 Å². The number of anilines is 3. The number of carbonyl (C=O) groups is 3. The molecule has 230 valence electrons. The number of alkyl halides is 6. The molecule has 0 spiro atoms. The van der Waals surface area contributed by atoms with E-state index in [1.165, 1.54) is 11.0 Å². The Morgan fingerprint density at radius 2 is 1.47 bits per heavy atom. The van der Waals surface area contributed by atoms with Gasteiger partial charge in [-0.15, -0.1) is 0 Å². The Kier molecular flexibility index (Phi) is 9.01. The van der Waals surface area contributed by atoms with Gasteiger partial charge in [0, 0.05) is 63.6 Å². The number of para-hydroxylation sites is 1. The minimum absolute atomic E-state index is 0.0560. The molecule has 3 aromatic rings. The third-order valence-corrected chi connectivity index (χ3v) is 6.87. The van der Waals surface area contributed by atoms with Crippen molar-refractivity contribution in [2.24, 2.45) is 7.05 Å². The van der Waals surface area contributed by atoms with Crippen LogP contribution in [0.3, 0.4) is 0 Å². The Hall–Kier alpha value is -4.56. The van der Waals surface area contributed by atoms with Crippen LogP contribution >= 0.6 is 0 Å². The van der Waals surface area contributed by atoms with Crippen LogP contribution in [-0.2, 0) is 23.1 Å². The van der Waals surface area contributed by atoms with E-state index in [0.717, 1.165) is 17.3 Å². The molecule has 4 rings (SSSR count). The molecular weight excluding hydrogens is 582 g/mol. The van der Waals surface area contributed by atoms with Crippen LogP contribution in [0.15, 0.2) is 55.0 Å². The number of aryl methyl sites for hydroxylation is 2. The van der Waals surface area contributed by atoms with Gasteiger partial charge in [-0.2, -0.15) is 26.3 Å². The summed E-state index contributed by atoms with van der Waals surface area (Å²) < 4.78 is 83.0. The smallest absolute Gasteiger partial charge is 0.368 e. The zero-order valence-corrected chi connectivity index (χ0v) is 23.2. The Balaban J connectivity index is 1.68. The molecule has 1 fully saturated rings. The second kappa shape index (κ2) is 12.4. The quantitative estimate of drug-likeness (QED) is 0.407. The molecule has 2 heterocycles. The van der Waals surface area contributed by atoms with Gasteiger partial charge in [-0.05, 0) is 36.8 Å². The summed E-state index contributed by atoms with van der Waals surface area (Å²) in [6, 6.07) is 10.6. The molecule has 3 amide bonds. The van der Waals surface area contributed by atoms with E-state index in [1.54, 1.807) is 24.1 Å². The molecule has 2 aromatic carbocycles. The molecule has 1 aliphatic heterocycles. The molecular formula is C28H28F6N6O3. The molecule has 15 heteroatoms. The second-order valence-corrected chi connectivity index (χ2v) is 9.94. The number of benzene rings is 2. The highest BCUT2D eigenvalue weighted by Gasteiger charge is 2.53. The molecule has 1 aromatic heterocycles. The molecule has 1 aliphatic rings. The average Bonchev–Trinajstić information content (AvgIpc) is 3.37. The highest BCUT2D eigenvalue weighted by molar-refractivity contribution is 6.20. The first kappa shape index (κ1) is 31.4. The van der Waals surface area contributed by atoms with Gasteiger partial charge in [0.25, 0.3) is 5.91 Å². The van der Waals surface area contributed by atoms with Crippen LogP contribution in [0.25, 0.3) is 0 Å². The van der Waals surface area contributed by atoms with E-state index in [1.807, 2.05) is 36.1 Å². The predicted octanol–water partition coefficient (Wildman–Crippen LogP) is 4.01. The first-order valence-electron chi connectivity index (χ1n) is 13.1. The lowest BCUT2D eigenvalue weighted by Gasteiger charge is -2.39. The molecule has 1 N–H and O–H groups in total. The van der Waals surface area contributed by atoms with E-state index in [9.17, 15) is 40.7 Å². The van der Waals surface area contributed by atoms with Crippen molar-refractivity contribution >= 4 is 34.8 Å². The summed E-state index contributed by atoms with van der Waals surface area (Å²) in [6.45, 7) is 2.95. The number of amides is 3. The van der Waals surface area contributed by atoms with Gasteiger partial charge < -0.3 is 19.7 Å². The van der Waals surface area contributed by atoms with E-state index in [4.69, 9.17) is 0 Å². The molecule has 0 atom stereocenters. The minimum atomic E-state index is -5.82. The second-order valence-electron chi connectivity index (χ2n) is 9.94. The molecule has 0 bridgehead atoms. The summed E-state index contributed by atoms with van der Waals surface area (Å²) in [4.78, 5) is 44.2. The lowest BCUT2D eigenvalue weighted by molar-refractivity contribution is -0.181. The first-order valence-corrected chi connectivity index (χ1v) is 13.1. The number of aromatic nitrogens is 2. The number of piperazine rings is 1. The highest BCUT2D eigenvalue weighted by Crippen LogP contribution is 2.37. The summed E-state index contributed by atoms with van der Waals surface area (Å²) in [7, 11) is 1.75. The van der Waals surface area contributed by atoms with Gasteiger partial charge in [0.2, 0.25) is 0 Å². The van der Waals surface area contributed by atoms with Crippen molar-refractivity contribution in [2.45, 2.75) is 25.7 Å². The number of halogens is 6. The fraction of sp³-hybridized carbons (Fsp3) is 0.357. The fourth-order valence-electron chi connectivity index (χ4n) is 4.78. The largest absolute Gasteiger partial charge is 0.472 e. The Morgan fingerprint density at radius 1 is 0.884 bits per heavy atom. The van der Waals surface area contributed by atoms with Crippen LogP contribution in [0.4, 0.5) is 43.4 Å². The van der Waals surface area contributed by atoms with Crippen molar-refractivity contribution in [3.63, 3.8) is 0 Å². The molecule has 43 heavy (non-hydrogen) atoms. The van der Waals surface area contributed by atoms with E-state index in [0.29, 0.717) is 31.3 Å². The Morgan fingerprint density at radius 3 is 2.00 bits per heavy atom. The standard InChI is InChI=1S/C28H28F6N6O3/c1-18-5-3-4-6-21(18)38-11-13-39(14-12-38)22-8-7-19(24(41)35-10-9-20-16-37(2)17-36-20)15-23(22)40(25(42)27(29,30)31)26(43)28(32,33)34/h3-8,15-17H,9-14H2,1-2H3,(H,35,41). The van der Waals surface area contributed by atoms with Gasteiger partial charge in [-0.1, -0.05) is 18.2 Å². The number of hydrogen-bond donors (Lipinski definition) is 1. The SMILES string of the molecule is Cc1ccccc1N1CCN(c2ccc(C(=O)NCCc3cn(C)cn3)cc2N(C(=O)C(F)(F)F)C(=O)C(F)(F)F)CC1. The molecule has 0 unspecified atom stereocenters. The number of nitrogens with zero attached hydrogens (tertiary/aromatic N) is 5. The predicted molar refractivity (Wildman–Crippen MR) is 146 cm³/mol. The maximum absolute atomic E-state index is 13.6. The van der Waals surface area contributed by atoms with E-state index in [2.05, 4.69) is 10.3 Å². The van der Waals surface area contributed by atoms with E-state index in [-0.39, 0.29) is 30.9 Å². The van der Waals surface area contributed by atoms with Crippen LogP contribution in [0.1, 0.15) is 21.6 Å². The summed E-state index contributed by atoms with van der Waals surface area (Å²) in [6.07, 6.45) is -8.08. The number of hydrogen-bond acceptors (Lipinski definition) is 6. The van der Waals surface area contributed by atoms with Crippen molar-refractivity contribution < 1.29 is 40.7 Å². The summed E-state index contributed by atoms with van der Waals surface area (Å²) in [5.41, 5.74) is 0.972. The normalized spacial score (nSPS) is 14.0. The van der Waals surface area contributed by atoms with Gasteiger partial charge >= 0.3 is 24.2 Å². The summed E-state index contributed by atoms with van der Waals surface area (Å²) in [5, 5.41) is 2.53. The Bertz CT molecular complexity index is 1470.